The number of benzene rings is 2. The normalized spacial score (nSPS) is 16.8. The molecule has 3 rings (SSSR count). The van der Waals surface area contributed by atoms with Gasteiger partial charge in [-0.25, -0.2) is 9.59 Å². The van der Waals surface area contributed by atoms with Crippen LogP contribution in [0.15, 0.2) is 54.6 Å². The van der Waals surface area contributed by atoms with Gasteiger partial charge in [0.1, 0.15) is 6.04 Å². The van der Waals surface area contributed by atoms with Gasteiger partial charge in [0.2, 0.25) is 0 Å². The maximum Gasteiger partial charge on any atom is 0.326 e. The summed E-state index contributed by atoms with van der Waals surface area (Å²) in [5.41, 5.74) is 3.00. The quantitative estimate of drug-likeness (QED) is 0.372. The number of urea groups is 1. The van der Waals surface area contributed by atoms with E-state index in [1.165, 1.54) is 4.90 Å². The van der Waals surface area contributed by atoms with Crippen molar-refractivity contribution in [3.8, 4) is 0 Å². The molecule has 0 saturated carbocycles. The van der Waals surface area contributed by atoms with Gasteiger partial charge in [0, 0.05) is 32.0 Å². The molecule has 37 heavy (non-hydrogen) atoms. The zero-order valence-electron chi connectivity index (χ0n) is 21.6. The minimum atomic E-state index is -1.13. The highest BCUT2D eigenvalue weighted by molar-refractivity contribution is 5.83. The Morgan fingerprint density at radius 2 is 1.68 bits per heavy atom. The Bertz CT molecular complexity index is 1020. The third-order valence-electron chi connectivity index (χ3n) is 6.70. The van der Waals surface area contributed by atoms with Gasteiger partial charge < -0.3 is 25.2 Å². The van der Waals surface area contributed by atoms with Crippen LogP contribution in [0.25, 0.3) is 0 Å². The SMILES string of the molecule is CC(C)CN(CC(CCc1ccccc1)C(=O)O)C(=O)N[C@@H](Cc1ccc(C2CCOC2)cc1)C(=O)O. The molecule has 200 valence electrons. The number of aliphatic carboxylic acids is 2. The van der Waals surface area contributed by atoms with Crippen molar-refractivity contribution in [3.63, 3.8) is 0 Å². The average Bonchev–Trinajstić information content (AvgIpc) is 3.41. The van der Waals surface area contributed by atoms with E-state index in [4.69, 9.17) is 4.74 Å². The first kappa shape index (κ1) is 28.2. The van der Waals surface area contributed by atoms with E-state index in [2.05, 4.69) is 5.32 Å². The summed E-state index contributed by atoms with van der Waals surface area (Å²) in [6, 6.07) is 15.7. The minimum absolute atomic E-state index is 0.0106. The molecule has 3 N–H and O–H groups in total. The van der Waals surface area contributed by atoms with Crippen LogP contribution < -0.4 is 5.32 Å². The van der Waals surface area contributed by atoms with Crippen molar-refractivity contribution in [2.24, 2.45) is 11.8 Å². The predicted octanol–water partition coefficient (Wildman–Crippen LogP) is 4.19. The van der Waals surface area contributed by atoms with Crippen LogP contribution in [0.5, 0.6) is 0 Å². The highest BCUT2D eigenvalue weighted by atomic mass is 16.5. The molecule has 2 unspecified atom stereocenters. The third-order valence-corrected chi connectivity index (χ3v) is 6.70. The van der Waals surface area contributed by atoms with Gasteiger partial charge in [-0.3, -0.25) is 4.79 Å². The van der Waals surface area contributed by atoms with Crippen LogP contribution in [-0.4, -0.2) is 65.4 Å². The number of aryl methyl sites for hydroxylation is 1. The number of hydrogen-bond donors (Lipinski definition) is 3. The molecule has 0 aromatic heterocycles. The van der Waals surface area contributed by atoms with Crippen molar-refractivity contribution in [2.75, 3.05) is 26.3 Å². The lowest BCUT2D eigenvalue weighted by atomic mass is 9.96. The second-order valence-corrected chi connectivity index (χ2v) is 10.2. The lowest BCUT2D eigenvalue weighted by Crippen LogP contribution is -2.51. The summed E-state index contributed by atoms with van der Waals surface area (Å²) in [6.07, 6.45) is 2.06. The monoisotopic (exact) mass is 510 g/mol. The van der Waals surface area contributed by atoms with E-state index in [-0.39, 0.29) is 18.9 Å². The lowest BCUT2D eigenvalue weighted by molar-refractivity contribution is -0.142. The van der Waals surface area contributed by atoms with Crippen LogP contribution in [0.1, 0.15) is 49.3 Å². The summed E-state index contributed by atoms with van der Waals surface area (Å²) >= 11 is 0. The fourth-order valence-electron chi connectivity index (χ4n) is 4.63. The maximum absolute atomic E-state index is 13.2. The Morgan fingerprint density at radius 3 is 2.24 bits per heavy atom. The van der Waals surface area contributed by atoms with Gasteiger partial charge in [-0.2, -0.15) is 0 Å². The molecule has 2 aromatic rings. The van der Waals surface area contributed by atoms with Crippen molar-refractivity contribution in [3.05, 3.63) is 71.3 Å². The molecule has 2 amide bonds. The van der Waals surface area contributed by atoms with E-state index in [1.807, 2.05) is 68.4 Å². The highest BCUT2D eigenvalue weighted by Crippen LogP contribution is 2.25. The summed E-state index contributed by atoms with van der Waals surface area (Å²) < 4.78 is 5.44. The molecule has 1 fully saturated rings. The van der Waals surface area contributed by atoms with Gasteiger partial charge in [0.05, 0.1) is 12.5 Å². The number of nitrogens with zero attached hydrogens (tertiary/aromatic N) is 1. The summed E-state index contributed by atoms with van der Waals surface area (Å²) in [7, 11) is 0. The van der Waals surface area contributed by atoms with Gasteiger partial charge >= 0.3 is 18.0 Å². The van der Waals surface area contributed by atoms with Crippen molar-refractivity contribution < 1.29 is 29.3 Å². The van der Waals surface area contributed by atoms with Crippen LogP contribution in [0.3, 0.4) is 0 Å². The molecule has 1 aliphatic rings. The summed E-state index contributed by atoms with van der Waals surface area (Å²) in [5.74, 6) is -2.42. The van der Waals surface area contributed by atoms with E-state index in [1.54, 1.807) is 0 Å². The average molecular weight is 511 g/mol. The highest BCUT2D eigenvalue weighted by Gasteiger charge is 2.28. The number of carboxylic acids is 2. The number of nitrogens with one attached hydrogen (secondary N) is 1. The summed E-state index contributed by atoms with van der Waals surface area (Å²) in [6.45, 7) is 5.66. The van der Waals surface area contributed by atoms with Crippen molar-refractivity contribution in [1.29, 1.82) is 0 Å². The van der Waals surface area contributed by atoms with E-state index in [0.29, 0.717) is 31.9 Å². The molecular weight excluding hydrogens is 472 g/mol. The summed E-state index contributed by atoms with van der Waals surface area (Å²) in [4.78, 5) is 38.6. The Balaban J connectivity index is 1.65. The molecule has 1 aliphatic heterocycles. The van der Waals surface area contributed by atoms with Gasteiger partial charge in [-0.05, 0) is 41.9 Å². The molecule has 2 aromatic carbocycles. The molecule has 0 bridgehead atoms. The first-order chi connectivity index (χ1) is 17.7. The number of carbonyl (C=O) groups excluding carboxylic acids is 1. The molecule has 3 atom stereocenters. The predicted molar refractivity (Wildman–Crippen MR) is 141 cm³/mol. The third kappa shape index (κ3) is 8.89. The Labute approximate surface area is 218 Å². The van der Waals surface area contributed by atoms with Gasteiger partial charge in [-0.15, -0.1) is 0 Å². The number of amides is 2. The second kappa shape index (κ2) is 13.8. The van der Waals surface area contributed by atoms with Gasteiger partial charge in [0.15, 0.2) is 0 Å². The molecule has 0 spiro atoms. The number of hydrogen-bond acceptors (Lipinski definition) is 4. The van der Waals surface area contributed by atoms with Gasteiger partial charge in [0.25, 0.3) is 0 Å². The van der Waals surface area contributed by atoms with Crippen molar-refractivity contribution in [2.45, 2.75) is 51.5 Å². The zero-order valence-corrected chi connectivity index (χ0v) is 21.6. The van der Waals surface area contributed by atoms with Crippen molar-refractivity contribution in [1.82, 2.24) is 10.2 Å². The lowest BCUT2D eigenvalue weighted by Gasteiger charge is -2.29. The smallest absolute Gasteiger partial charge is 0.326 e. The van der Waals surface area contributed by atoms with Gasteiger partial charge in [-0.1, -0.05) is 68.4 Å². The summed E-state index contributed by atoms with van der Waals surface area (Å²) in [5, 5.41) is 22.3. The number of carbonyl (C=O) groups is 3. The first-order valence-corrected chi connectivity index (χ1v) is 12.9. The number of rotatable bonds is 13. The second-order valence-electron chi connectivity index (χ2n) is 10.2. The largest absolute Gasteiger partial charge is 0.481 e. The van der Waals surface area contributed by atoms with Crippen LogP contribution in [0.2, 0.25) is 0 Å². The zero-order chi connectivity index (χ0) is 26.8. The Hall–Kier alpha value is -3.39. The molecule has 1 heterocycles. The van der Waals surface area contributed by atoms with E-state index in [9.17, 15) is 24.6 Å². The van der Waals surface area contributed by atoms with Crippen LogP contribution in [0, 0.1) is 11.8 Å². The standard InChI is InChI=1S/C29H38N2O6/c1-20(2)17-31(18-24(27(32)33)13-8-21-6-4-3-5-7-21)29(36)30-26(28(34)35)16-22-9-11-23(12-10-22)25-14-15-37-19-25/h3-7,9-12,20,24-26H,8,13-19H2,1-2H3,(H,30,36)(H,32,33)(H,34,35)/t24?,25?,26-/m0/s1. The Kier molecular flexibility index (Phi) is 10.5. The number of ether oxygens (including phenoxy) is 1. The number of carboxylic acid groups (broad SMARTS) is 2. The molecule has 8 heteroatoms. The maximum atomic E-state index is 13.2. The van der Waals surface area contributed by atoms with E-state index >= 15 is 0 Å². The fourth-order valence-corrected chi connectivity index (χ4v) is 4.63. The first-order valence-electron chi connectivity index (χ1n) is 12.9. The van der Waals surface area contributed by atoms with E-state index < -0.39 is 29.9 Å². The molecule has 0 aliphatic carbocycles. The molecular formula is C29H38N2O6. The molecule has 0 radical (unpaired) electrons. The van der Waals surface area contributed by atoms with Crippen LogP contribution >= 0.6 is 0 Å². The van der Waals surface area contributed by atoms with Crippen LogP contribution in [0.4, 0.5) is 4.79 Å². The molecule has 1 saturated heterocycles. The van der Waals surface area contributed by atoms with E-state index in [0.717, 1.165) is 29.7 Å². The van der Waals surface area contributed by atoms with Crippen molar-refractivity contribution >= 4 is 18.0 Å². The minimum Gasteiger partial charge on any atom is -0.481 e. The van der Waals surface area contributed by atoms with Crippen LogP contribution in [-0.2, 0) is 27.2 Å². The topological polar surface area (TPSA) is 116 Å². The fraction of sp³-hybridized carbons (Fsp3) is 0.483. The Morgan fingerprint density at radius 1 is 0.973 bits per heavy atom. The molecule has 8 nitrogen and oxygen atoms in total.